The van der Waals surface area contributed by atoms with Gasteiger partial charge in [-0.1, -0.05) is 6.58 Å². The molecule has 2 saturated heterocycles. The zero-order valence-electron chi connectivity index (χ0n) is 19.3. The molecule has 1 aromatic carbocycles. The van der Waals surface area contributed by atoms with E-state index in [1.807, 2.05) is 4.90 Å². The fourth-order valence-corrected chi connectivity index (χ4v) is 4.14. The van der Waals surface area contributed by atoms with E-state index in [2.05, 4.69) is 33.8 Å². The Morgan fingerprint density at radius 3 is 2.56 bits per heavy atom. The molecule has 34 heavy (non-hydrogen) atoms. The predicted octanol–water partition coefficient (Wildman–Crippen LogP) is 1.74. The Bertz CT molecular complexity index is 1040. The molecule has 3 heterocycles. The van der Waals surface area contributed by atoms with Gasteiger partial charge < -0.3 is 29.9 Å². The molecule has 0 unspecified atom stereocenters. The van der Waals surface area contributed by atoms with Gasteiger partial charge in [0.05, 0.1) is 0 Å². The largest absolute Gasteiger partial charge is 0.508 e. The molecular formula is C24H30N6O4. The van der Waals surface area contributed by atoms with Crippen molar-refractivity contribution in [2.75, 3.05) is 56.6 Å². The van der Waals surface area contributed by atoms with Crippen LogP contribution in [0.1, 0.15) is 23.3 Å². The van der Waals surface area contributed by atoms with Gasteiger partial charge in [-0.25, -0.2) is 0 Å². The quantitative estimate of drug-likeness (QED) is 0.469. The lowest BCUT2D eigenvalue weighted by atomic mass is 10.2. The van der Waals surface area contributed by atoms with Crippen molar-refractivity contribution in [3.8, 4) is 11.8 Å². The number of hydrogen-bond acceptors (Lipinski definition) is 8. The highest BCUT2D eigenvalue weighted by Gasteiger charge is 2.25. The van der Waals surface area contributed by atoms with Gasteiger partial charge in [0.15, 0.2) is 0 Å². The molecule has 2 fully saturated rings. The lowest BCUT2D eigenvalue weighted by molar-refractivity contribution is -0.126. The molecule has 10 heteroatoms. The average Bonchev–Trinajstić information content (AvgIpc) is 3.28. The monoisotopic (exact) mass is 466 g/mol. The van der Waals surface area contributed by atoms with Gasteiger partial charge in [-0.2, -0.15) is 9.97 Å². The van der Waals surface area contributed by atoms with E-state index < -0.39 is 5.91 Å². The van der Waals surface area contributed by atoms with E-state index in [4.69, 9.17) is 4.74 Å². The maximum Gasteiger partial charge on any atom is 0.319 e. The second-order valence-corrected chi connectivity index (χ2v) is 8.50. The Morgan fingerprint density at radius 2 is 1.91 bits per heavy atom. The number of nitrogens with zero attached hydrogens (tertiary/aromatic N) is 5. The number of carbonyl (C=O) groups is 2. The number of likely N-dealkylation sites (tertiary alicyclic amines) is 1. The summed E-state index contributed by atoms with van der Waals surface area (Å²) in [6, 6.07) is 8.29. The van der Waals surface area contributed by atoms with Crippen LogP contribution in [0.5, 0.6) is 11.8 Å². The molecule has 2 aliphatic rings. The summed E-state index contributed by atoms with van der Waals surface area (Å²) in [6.45, 7) is 7.23. The third kappa shape index (κ3) is 5.63. The van der Waals surface area contributed by atoms with E-state index in [1.165, 1.54) is 18.2 Å². The first-order chi connectivity index (χ1) is 16.4. The number of benzene rings is 1. The Morgan fingerprint density at radius 1 is 1.18 bits per heavy atom. The van der Waals surface area contributed by atoms with E-state index in [0.717, 1.165) is 19.4 Å². The molecule has 10 nitrogen and oxygen atoms in total. The number of phenolic OH excluding ortho intramolecular Hbond substituents is 1. The van der Waals surface area contributed by atoms with Crippen molar-refractivity contribution in [1.29, 1.82) is 0 Å². The number of phenols is 1. The highest BCUT2D eigenvalue weighted by molar-refractivity contribution is 6.03. The van der Waals surface area contributed by atoms with Crippen molar-refractivity contribution in [1.82, 2.24) is 19.8 Å². The molecule has 2 amide bonds. The molecule has 2 aromatic rings. The normalized spacial score (nSPS) is 18.6. The molecule has 2 aliphatic heterocycles. The third-order valence-corrected chi connectivity index (χ3v) is 6.22. The molecule has 0 spiro atoms. The minimum Gasteiger partial charge on any atom is -0.508 e. The Balaban J connectivity index is 1.53. The van der Waals surface area contributed by atoms with Crippen LogP contribution in [-0.2, 0) is 4.79 Å². The molecule has 180 valence electrons. The van der Waals surface area contributed by atoms with Gasteiger partial charge in [0.2, 0.25) is 5.91 Å². The van der Waals surface area contributed by atoms with Crippen molar-refractivity contribution in [2.45, 2.75) is 18.9 Å². The molecule has 0 bridgehead atoms. The fourth-order valence-electron chi connectivity index (χ4n) is 4.14. The standard InChI is InChI=1S/C24H30N6O4/c1-3-22(32)30-13-11-29(12-14-30)21-15-20(23(33)25-17-6-8-19(31)9-7-17)26-24(27-21)34-16-18-5-4-10-28(18)2/h3,6-9,15,18,31H,1,4-5,10-14,16H2,2H3,(H,25,33)/t18-/m0/s1. The van der Waals surface area contributed by atoms with Gasteiger partial charge in [-0.05, 0) is 56.8 Å². The van der Waals surface area contributed by atoms with Gasteiger partial charge in [0, 0.05) is 44.0 Å². The second kappa shape index (κ2) is 10.5. The number of anilines is 2. The highest BCUT2D eigenvalue weighted by atomic mass is 16.5. The van der Waals surface area contributed by atoms with E-state index in [-0.39, 0.29) is 29.4 Å². The first-order valence-electron chi connectivity index (χ1n) is 11.4. The molecule has 4 rings (SSSR count). The number of aromatic hydroxyl groups is 1. The molecule has 0 saturated carbocycles. The number of piperazine rings is 1. The van der Waals surface area contributed by atoms with Crippen LogP contribution in [-0.4, -0.2) is 89.1 Å². The lowest BCUT2D eigenvalue weighted by Gasteiger charge is -2.35. The zero-order chi connectivity index (χ0) is 24.1. The second-order valence-electron chi connectivity index (χ2n) is 8.50. The number of aromatic nitrogens is 2. The zero-order valence-corrected chi connectivity index (χ0v) is 19.3. The minimum absolute atomic E-state index is 0.0963. The van der Waals surface area contributed by atoms with Crippen molar-refractivity contribution < 1.29 is 19.4 Å². The van der Waals surface area contributed by atoms with Gasteiger partial charge in [0.1, 0.15) is 23.9 Å². The van der Waals surface area contributed by atoms with Crippen molar-refractivity contribution in [3.63, 3.8) is 0 Å². The summed E-state index contributed by atoms with van der Waals surface area (Å²) in [5.74, 6) is 0.189. The van der Waals surface area contributed by atoms with Crippen LogP contribution < -0.4 is 15.0 Å². The van der Waals surface area contributed by atoms with Gasteiger partial charge >= 0.3 is 6.01 Å². The number of rotatable bonds is 7. The fraction of sp³-hybridized carbons (Fsp3) is 0.417. The van der Waals surface area contributed by atoms with Crippen LogP contribution in [0.25, 0.3) is 0 Å². The highest BCUT2D eigenvalue weighted by Crippen LogP contribution is 2.22. The Hall–Kier alpha value is -3.66. The maximum atomic E-state index is 13.0. The van der Waals surface area contributed by atoms with E-state index in [1.54, 1.807) is 23.1 Å². The lowest BCUT2D eigenvalue weighted by Crippen LogP contribution is -2.48. The predicted molar refractivity (Wildman–Crippen MR) is 128 cm³/mol. The first-order valence-corrected chi connectivity index (χ1v) is 11.4. The number of likely N-dealkylation sites (N-methyl/N-ethyl adjacent to an activating group) is 1. The van der Waals surface area contributed by atoms with Crippen LogP contribution in [0.15, 0.2) is 43.0 Å². The maximum absolute atomic E-state index is 13.0. The SMILES string of the molecule is C=CC(=O)N1CCN(c2cc(C(=O)Nc3ccc(O)cc3)nc(OC[C@@H]3CCCN3C)n2)CC1. The van der Waals surface area contributed by atoms with Gasteiger partial charge in [0.25, 0.3) is 5.91 Å². The first kappa shape index (κ1) is 23.5. The molecule has 0 radical (unpaired) electrons. The number of nitrogens with one attached hydrogen (secondary N) is 1. The van der Waals surface area contributed by atoms with Crippen LogP contribution in [0.3, 0.4) is 0 Å². The van der Waals surface area contributed by atoms with Crippen molar-refractivity contribution >= 4 is 23.3 Å². The summed E-state index contributed by atoms with van der Waals surface area (Å²) in [5.41, 5.74) is 0.715. The summed E-state index contributed by atoms with van der Waals surface area (Å²) in [4.78, 5) is 39.8. The third-order valence-electron chi connectivity index (χ3n) is 6.22. The molecule has 0 aliphatic carbocycles. The average molecular weight is 467 g/mol. The smallest absolute Gasteiger partial charge is 0.319 e. The van der Waals surface area contributed by atoms with E-state index in [0.29, 0.717) is 44.3 Å². The van der Waals surface area contributed by atoms with Crippen LogP contribution in [0, 0.1) is 0 Å². The summed E-state index contributed by atoms with van der Waals surface area (Å²) < 4.78 is 5.94. The minimum atomic E-state index is -0.405. The Labute approximate surface area is 198 Å². The van der Waals surface area contributed by atoms with Crippen LogP contribution in [0.2, 0.25) is 0 Å². The van der Waals surface area contributed by atoms with Gasteiger partial charge in [-0.15, -0.1) is 0 Å². The summed E-state index contributed by atoms with van der Waals surface area (Å²) in [6.07, 6.45) is 3.49. The Kier molecular flexibility index (Phi) is 7.27. The summed E-state index contributed by atoms with van der Waals surface area (Å²) in [5, 5.41) is 12.3. The topological polar surface area (TPSA) is 111 Å². The molecule has 2 N–H and O–H groups in total. The number of ether oxygens (including phenoxy) is 1. The summed E-state index contributed by atoms with van der Waals surface area (Å²) >= 11 is 0. The van der Waals surface area contributed by atoms with Crippen LogP contribution >= 0.6 is 0 Å². The van der Waals surface area contributed by atoms with Crippen LogP contribution in [0.4, 0.5) is 11.5 Å². The molecule has 1 aromatic heterocycles. The van der Waals surface area contributed by atoms with Gasteiger partial charge in [-0.3, -0.25) is 9.59 Å². The van der Waals surface area contributed by atoms with Crippen molar-refractivity contribution in [3.05, 3.63) is 48.7 Å². The van der Waals surface area contributed by atoms with Crippen molar-refractivity contribution in [2.24, 2.45) is 0 Å². The van der Waals surface area contributed by atoms with E-state index in [9.17, 15) is 14.7 Å². The van der Waals surface area contributed by atoms with E-state index >= 15 is 0 Å². The molecule has 1 atom stereocenters. The summed E-state index contributed by atoms with van der Waals surface area (Å²) in [7, 11) is 2.07. The molecular weight excluding hydrogens is 436 g/mol. The number of carbonyl (C=O) groups excluding carboxylic acids is 2. The number of hydrogen-bond donors (Lipinski definition) is 2. The number of amides is 2.